The summed E-state index contributed by atoms with van der Waals surface area (Å²) in [6.07, 6.45) is 2.23. The van der Waals surface area contributed by atoms with Crippen LogP contribution in [0.5, 0.6) is 17.2 Å². The second-order valence-corrected chi connectivity index (χ2v) is 7.02. The molecule has 1 unspecified atom stereocenters. The van der Waals surface area contributed by atoms with E-state index in [0.29, 0.717) is 5.92 Å². The molecule has 4 heteroatoms. The lowest BCUT2D eigenvalue weighted by Crippen LogP contribution is -2.24. The van der Waals surface area contributed by atoms with Crippen LogP contribution in [-0.4, -0.2) is 45.4 Å². The summed E-state index contributed by atoms with van der Waals surface area (Å²) in [5, 5.41) is 0. The van der Waals surface area contributed by atoms with Crippen LogP contribution < -0.4 is 14.2 Å². The zero-order valence-corrected chi connectivity index (χ0v) is 16.0. The van der Waals surface area contributed by atoms with Crippen molar-refractivity contribution in [2.45, 2.75) is 19.8 Å². The number of benzene rings is 2. The number of nitrogens with zero attached hydrogens (tertiary/aromatic N) is 1. The van der Waals surface area contributed by atoms with E-state index >= 15 is 0 Å². The zero-order valence-electron chi connectivity index (χ0n) is 16.0. The summed E-state index contributed by atoms with van der Waals surface area (Å²) in [5.41, 5.74) is 2.54. The fraction of sp³-hybridized carbons (Fsp3) is 0.455. The topological polar surface area (TPSA) is 30.9 Å². The summed E-state index contributed by atoms with van der Waals surface area (Å²) in [5.74, 6) is 3.17. The molecular formula is C22H29NO3. The van der Waals surface area contributed by atoms with Gasteiger partial charge in [0.2, 0.25) is 0 Å². The van der Waals surface area contributed by atoms with Gasteiger partial charge in [-0.1, -0.05) is 23.8 Å². The number of hydrogen-bond donors (Lipinski definition) is 0. The van der Waals surface area contributed by atoms with Crippen molar-refractivity contribution in [3.8, 4) is 17.2 Å². The maximum atomic E-state index is 5.95. The molecular weight excluding hydrogens is 326 g/mol. The lowest BCUT2D eigenvalue weighted by molar-refractivity contribution is 0.241. The molecule has 26 heavy (non-hydrogen) atoms. The van der Waals surface area contributed by atoms with Crippen LogP contribution in [0.1, 0.15) is 17.5 Å². The average Bonchev–Trinajstić information content (AvgIpc) is 3.13. The molecule has 3 rings (SSSR count). The van der Waals surface area contributed by atoms with Crippen molar-refractivity contribution >= 4 is 0 Å². The average molecular weight is 355 g/mol. The van der Waals surface area contributed by atoms with E-state index < -0.39 is 0 Å². The Balaban J connectivity index is 1.43. The van der Waals surface area contributed by atoms with Crippen LogP contribution in [0.25, 0.3) is 0 Å². The molecule has 0 aliphatic carbocycles. The first-order chi connectivity index (χ1) is 12.7. The molecule has 140 valence electrons. The van der Waals surface area contributed by atoms with E-state index in [1.165, 1.54) is 17.5 Å². The van der Waals surface area contributed by atoms with Crippen LogP contribution >= 0.6 is 0 Å². The highest BCUT2D eigenvalue weighted by atomic mass is 16.5. The van der Waals surface area contributed by atoms with Crippen molar-refractivity contribution in [1.82, 2.24) is 4.90 Å². The molecule has 2 aromatic rings. The Morgan fingerprint density at radius 3 is 2.50 bits per heavy atom. The van der Waals surface area contributed by atoms with E-state index in [2.05, 4.69) is 48.2 Å². The molecule has 2 aromatic carbocycles. The van der Waals surface area contributed by atoms with Crippen LogP contribution in [0, 0.1) is 12.8 Å². The van der Waals surface area contributed by atoms with Gasteiger partial charge in [0, 0.05) is 19.0 Å². The summed E-state index contributed by atoms with van der Waals surface area (Å²) in [4.78, 5) is 2.53. The van der Waals surface area contributed by atoms with Gasteiger partial charge >= 0.3 is 0 Å². The van der Waals surface area contributed by atoms with Gasteiger partial charge in [-0.25, -0.2) is 0 Å². The van der Waals surface area contributed by atoms with E-state index in [9.17, 15) is 0 Å². The molecule has 1 aliphatic rings. The summed E-state index contributed by atoms with van der Waals surface area (Å²) in [6.45, 7) is 6.22. The lowest BCUT2D eigenvalue weighted by Gasteiger charge is -2.17. The fourth-order valence-electron chi connectivity index (χ4n) is 3.42. The van der Waals surface area contributed by atoms with Gasteiger partial charge in [0.15, 0.2) is 11.5 Å². The third-order valence-corrected chi connectivity index (χ3v) is 5.04. The third-order valence-electron chi connectivity index (χ3n) is 5.04. The van der Waals surface area contributed by atoms with Crippen LogP contribution in [0.2, 0.25) is 0 Å². The first kappa shape index (κ1) is 18.6. The number of ether oxygens (including phenoxy) is 3. The number of methoxy groups -OCH3 is 2. The summed E-state index contributed by atoms with van der Waals surface area (Å²) in [6, 6.07) is 14.5. The van der Waals surface area contributed by atoms with Crippen molar-refractivity contribution in [2.75, 3.05) is 40.5 Å². The highest BCUT2D eigenvalue weighted by Gasteiger charge is 2.22. The van der Waals surface area contributed by atoms with E-state index in [-0.39, 0.29) is 0 Å². The van der Waals surface area contributed by atoms with Gasteiger partial charge in [-0.3, -0.25) is 0 Å². The maximum Gasteiger partial charge on any atom is 0.160 e. The molecule has 4 nitrogen and oxygen atoms in total. The first-order valence-corrected chi connectivity index (χ1v) is 9.30. The molecule has 1 atom stereocenters. The van der Waals surface area contributed by atoms with Gasteiger partial charge in [-0.05, 0) is 56.1 Å². The van der Waals surface area contributed by atoms with Crippen LogP contribution in [-0.2, 0) is 6.42 Å². The summed E-state index contributed by atoms with van der Waals surface area (Å²) >= 11 is 0. The number of hydrogen-bond acceptors (Lipinski definition) is 4. The Morgan fingerprint density at radius 1 is 1.00 bits per heavy atom. The quantitative estimate of drug-likeness (QED) is 0.717. The van der Waals surface area contributed by atoms with Crippen LogP contribution in [0.3, 0.4) is 0 Å². The number of aryl methyl sites for hydroxylation is 1. The van der Waals surface area contributed by atoms with Crippen LogP contribution in [0.15, 0.2) is 42.5 Å². The van der Waals surface area contributed by atoms with Gasteiger partial charge in [0.05, 0.1) is 20.8 Å². The molecule has 0 N–H and O–H groups in total. The lowest BCUT2D eigenvalue weighted by atomic mass is 10.1. The molecule has 1 heterocycles. The van der Waals surface area contributed by atoms with Gasteiger partial charge in [0.25, 0.3) is 0 Å². The van der Waals surface area contributed by atoms with E-state index in [0.717, 1.165) is 49.9 Å². The Bertz CT molecular complexity index is 699. The van der Waals surface area contributed by atoms with E-state index in [4.69, 9.17) is 14.2 Å². The minimum atomic E-state index is 0.613. The highest BCUT2D eigenvalue weighted by Crippen LogP contribution is 2.28. The predicted octanol–water partition coefficient (Wildman–Crippen LogP) is 3.96. The first-order valence-electron chi connectivity index (χ1n) is 9.30. The van der Waals surface area contributed by atoms with Crippen molar-refractivity contribution in [1.29, 1.82) is 0 Å². The predicted molar refractivity (Wildman–Crippen MR) is 104 cm³/mol. The van der Waals surface area contributed by atoms with Crippen molar-refractivity contribution in [3.05, 3.63) is 53.6 Å². The SMILES string of the molecule is COc1ccc(CCN2CCC(COc3ccc(C)cc3)C2)cc1OC. The standard InChI is InChI=1S/C22H29NO3/c1-17-4-7-20(8-5-17)26-16-19-11-13-23(15-19)12-10-18-6-9-21(24-2)22(14-18)25-3/h4-9,14,19H,10-13,15-16H2,1-3H3. The minimum Gasteiger partial charge on any atom is -0.493 e. The molecule has 0 amide bonds. The number of rotatable bonds is 8. The zero-order chi connectivity index (χ0) is 18.4. The smallest absolute Gasteiger partial charge is 0.160 e. The largest absolute Gasteiger partial charge is 0.493 e. The minimum absolute atomic E-state index is 0.613. The molecule has 0 aromatic heterocycles. The second kappa shape index (κ2) is 8.95. The van der Waals surface area contributed by atoms with Gasteiger partial charge < -0.3 is 19.1 Å². The van der Waals surface area contributed by atoms with Crippen molar-refractivity contribution in [2.24, 2.45) is 5.92 Å². The molecule has 0 bridgehead atoms. The van der Waals surface area contributed by atoms with Gasteiger partial charge in [-0.2, -0.15) is 0 Å². The molecule has 0 saturated carbocycles. The fourth-order valence-corrected chi connectivity index (χ4v) is 3.42. The Kier molecular flexibility index (Phi) is 6.40. The van der Waals surface area contributed by atoms with Gasteiger partial charge in [0.1, 0.15) is 5.75 Å². The second-order valence-electron chi connectivity index (χ2n) is 7.02. The molecule has 0 spiro atoms. The Hall–Kier alpha value is -2.20. The van der Waals surface area contributed by atoms with Crippen molar-refractivity contribution in [3.63, 3.8) is 0 Å². The third kappa shape index (κ3) is 4.92. The summed E-state index contributed by atoms with van der Waals surface area (Å²) < 4.78 is 16.7. The monoisotopic (exact) mass is 355 g/mol. The maximum absolute atomic E-state index is 5.95. The Labute approximate surface area is 156 Å². The van der Waals surface area contributed by atoms with Gasteiger partial charge in [-0.15, -0.1) is 0 Å². The molecule has 1 saturated heterocycles. The molecule has 1 aliphatic heterocycles. The van der Waals surface area contributed by atoms with E-state index in [1.807, 2.05) is 6.07 Å². The highest BCUT2D eigenvalue weighted by molar-refractivity contribution is 5.42. The normalized spacial score (nSPS) is 17.3. The molecule has 0 radical (unpaired) electrons. The van der Waals surface area contributed by atoms with E-state index in [1.54, 1.807) is 14.2 Å². The molecule has 1 fully saturated rings. The number of likely N-dealkylation sites (tertiary alicyclic amines) is 1. The Morgan fingerprint density at radius 2 is 1.77 bits per heavy atom. The van der Waals surface area contributed by atoms with Crippen molar-refractivity contribution < 1.29 is 14.2 Å². The summed E-state index contributed by atoms with van der Waals surface area (Å²) in [7, 11) is 3.35. The van der Waals surface area contributed by atoms with Crippen LogP contribution in [0.4, 0.5) is 0 Å².